The molecule has 0 aliphatic heterocycles. The van der Waals surface area contributed by atoms with Crippen molar-refractivity contribution in [1.29, 1.82) is 0 Å². The van der Waals surface area contributed by atoms with Gasteiger partial charge in [0.15, 0.2) is 0 Å². The molecule has 0 amide bonds. The SMILES string of the molecule is CC(C)c1ccc(Oc2nc(Cl)c(CO)s2)cc1. The van der Waals surface area contributed by atoms with Crippen molar-refractivity contribution in [3.05, 3.63) is 39.9 Å². The summed E-state index contributed by atoms with van der Waals surface area (Å²) in [5.74, 6) is 1.21. The summed E-state index contributed by atoms with van der Waals surface area (Å²) in [5.41, 5.74) is 1.26. The van der Waals surface area contributed by atoms with Crippen LogP contribution >= 0.6 is 22.9 Å². The lowest BCUT2D eigenvalue weighted by Crippen LogP contribution is -1.87. The van der Waals surface area contributed by atoms with Crippen LogP contribution in [0, 0.1) is 0 Å². The van der Waals surface area contributed by atoms with Crippen LogP contribution in [0.2, 0.25) is 5.15 Å². The smallest absolute Gasteiger partial charge is 0.280 e. The van der Waals surface area contributed by atoms with E-state index in [1.807, 2.05) is 24.3 Å². The summed E-state index contributed by atoms with van der Waals surface area (Å²) in [4.78, 5) is 4.65. The van der Waals surface area contributed by atoms with Gasteiger partial charge in [-0.15, -0.1) is 0 Å². The average molecular weight is 284 g/mol. The predicted octanol–water partition coefficient (Wildman–Crippen LogP) is 4.20. The molecule has 0 atom stereocenters. The third kappa shape index (κ3) is 3.02. The first-order chi connectivity index (χ1) is 8.60. The third-order valence-corrected chi connectivity index (χ3v) is 3.87. The number of hydrogen-bond acceptors (Lipinski definition) is 4. The number of benzene rings is 1. The molecule has 1 heterocycles. The standard InChI is InChI=1S/C13H14ClNO2S/c1-8(2)9-3-5-10(6-4-9)17-13-15-12(14)11(7-16)18-13/h3-6,8,16H,7H2,1-2H3. The minimum atomic E-state index is -0.119. The minimum absolute atomic E-state index is 0.119. The molecule has 3 nitrogen and oxygen atoms in total. The van der Waals surface area contributed by atoms with Crippen LogP contribution in [0.3, 0.4) is 0 Å². The van der Waals surface area contributed by atoms with Gasteiger partial charge in [-0.25, -0.2) is 0 Å². The lowest BCUT2D eigenvalue weighted by Gasteiger charge is -2.06. The minimum Gasteiger partial charge on any atom is -0.431 e. The van der Waals surface area contributed by atoms with Gasteiger partial charge in [0, 0.05) is 0 Å². The molecule has 5 heteroatoms. The number of ether oxygens (including phenoxy) is 1. The Labute approximate surface area is 115 Å². The fourth-order valence-electron chi connectivity index (χ4n) is 1.48. The van der Waals surface area contributed by atoms with E-state index < -0.39 is 0 Å². The van der Waals surface area contributed by atoms with Gasteiger partial charge < -0.3 is 9.84 Å². The molecule has 18 heavy (non-hydrogen) atoms. The molecule has 0 radical (unpaired) electrons. The van der Waals surface area contributed by atoms with Gasteiger partial charge in [-0.05, 0) is 23.6 Å². The van der Waals surface area contributed by atoms with E-state index in [2.05, 4.69) is 18.8 Å². The van der Waals surface area contributed by atoms with Gasteiger partial charge in [-0.2, -0.15) is 4.98 Å². The maximum Gasteiger partial charge on any atom is 0.280 e. The van der Waals surface area contributed by atoms with Crippen molar-refractivity contribution in [1.82, 2.24) is 4.98 Å². The molecular weight excluding hydrogens is 270 g/mol. The second kappa shape index (κ2) is 5.69. The van der Waals surface area contributed by atoms with Crippen molar-refractivity contribution in [2.24, 2.45) is 0 Å². The van der Waals surface area contributed by atoms with Gasteiger partial charge in [0.2, 0.25) is 0 Å². The van der Waals surface area contributed by atoms with Crippen molar-refractivity contribution in [2.75, 3.05) is 0 Å². The first-order valence-electron chi connectivity index (χ1n) is 5.64. The van der Waals surface area contributed by atoms with Gasteiger partial charge in [0.25, 0.3) is 5.19 Å². The van der Waals surface area contributed by atoms with Crippen molar-refractivity contribution >= 4 is 22.9 Å². The maximum atomic E-state index is 9.03. The van der Waals surface area contributed by atoms with Gasteiger partial charge in [-0.1, -0.05) is 48.9 Å². The van der Waals surface area contributed by atoms with Crippen LogP contribution < -0.4 is 4.74 Å². The summed E-state index contributed by atoms with van der Waals surface area (Å²) in [5, 5.41) is 9.77. The summed E-state index contributed by atoms with van der Waals surface area (Å²) in [6.45, 7) is 4.17. The Kier molecular flexibility index (Phi) is 4.22. The topological polar surface area (TPSA) is 42.4 Å². The predicted molar refractivity (Wildman–Crippen MR) is 73.7 cm³/mol. The molecule has 1 aromatic heterocycles. The first-order valence-corrected chi connectivity index (χ1v) is 6.83. The second-order valence-electron chi connectivity index (χ2n) is 4.18. The Hall–Kier alpha value is -1.10. The highest BCUT2D eigenvalue weighted by atomic mass is 35.5. The lowest BCUT2D eigenvalue weighted by atomic mass is 10.0. The Morgan fingerprint density at radius 3 is 2.50 bits per heavy atom. The Bertz CT molecular complexity index is 522. The monoisotopic (exact) mass is 283 g/mol. The molecule has 0 bridgehead atoms. The zero-order chi connectivity index (χ0) is 13.1. The van der Waals surface area contributed by atoms with Crippen molar-refractivity contribution in [3.8, 4) is 10.9 Å². The molecule has 0 saturated carbocycles. The van der Waals surface area contributed by atoms with Crippen molar-refractivity contribution in [3.63, 3.8) is 0 Å². The normalized spacial score (nSPS) is 10.9. The Morgan fingerprint density at radius 2 is 2.00 bits per heavy atom. The number of aliphatic hydroxyl groups excluding tert-OH is 1. The number of aromatic nitrogens is 1. The zero-order valence-electron chi connectivity index (χ0n) is 10.2. The molecule has 1 aromatic carbocycles. The molecule has 0 saturated heterocycles. The van der Waals surface area contributed by atoms with Gasteiger partial charge >= 0.3 is 0 Å². The van der Waals surface area contributed by atoms with Gasteiger partial charge in [0.05, 0.1) is 11.5 Å². The fraction of sp³-hybridized carbons (Fsp3) is 0.308. The highest BCUT2D eigenvalue weighted by Crippen LogP contribution is 2.32. The molecule has 0 aliphatic carbocycles. The summed E-state index contributed by atoms with van der Waals surface area (Å²) < 4.78 is 5.59. The van der Waals surface area contributed by atoms with E-state index in [1.165, 1.54) is 16.9 Å². The highest BCUT2D eigenvalue weighted by Gasteiger charge is 2.10. The average Bonchev–Trinajstić information content (AvgIpc) is 2.70. The molecule has 0 unspecified atom stereocenters. The Balaban J connectivity index is 2.13. The van der Waals surface area contributed by atoms with Crippen LogP contribution in [0.1, 0.15) is 30.2 Å². The van der Waals surface area contributed by atoms with E-state index in [4.69, 9.17) is 21.4 Å². The molecule has 0 fully saturated rings. The van der Waals surface area contributed by atoms with Gasteiger partial charge in [-0.3, -0.25) is 0 Å². The number of hydrogen-bond donors (Lipinski definition) is 1. The van der Waals surface area contributed by atoms with Crippen molar-refractivity contribution in [2.45, 2.75) is 26.4 Å². The summed E-state index contributed by atoms with van der Waals surface area (Å²) in [6.07, 6.45) is 0. The van der Waals surface area contributed by atoms with E-state index in [0.29, 0.717) is 26.9 Å². The van der Waals surface area contributed by atoms with Crippen LogP contribution in [0.4, 0.5) is 0 Å². The molecule has 1 N–H and O–H groups in total. The number of halogens is 1. The number of nitrogens with zero attached hydrogens (tertiary/aromatic N) is 1. The fourth-order valence-corrected chi connectivity index (χ4v) is 2.46. The quantitative estimate of drug-likeness (QED) is 0.914. The number of rotatable bonds is 4. The van der Waals surface area contributed by atoms with Crippen LogP contribution in [0.15, 0.2) is 24.3 Å². The molecule has 96 valence electrons. The van der Waals surface area contributed by atoms with E-state index in [0.717, 1.165) is 0 Å². The third-order valence-electron chi connectivity index (χ3n) is 2.53. The molecule has 0 aliphatic rings. The van der Waals surface area contributed by atoms with Crippen molar-refractivity contribution < 1.29 is 9.84 Å². The highest BCUT2D eigenvalue weighted by molar-refractivity contribution is 7.13. The first kappa shape index (κ1) is 13.3. The van der Waals surface area contributed by atoms with E-state index in [1.54, 1.807) is 0 Å². The van der Waals surface area contributed by atoms with E-state index >= 15 is 0 Å². The molecule has 2 rings (SSSR count). The zero-order valence-corrected chi connectivity index (χ0v) is 11.8. The van der Waals surface area contributed by atoms with Crippen LogP contribution in [-0.2, 0) is 6.61 Å². The second-order valence-corrected chi connectivity index (χ2v) is 5.58. The number of thiazole rings is 1. The molecule has 2 aromatic rings. The van der Waals surface area contributed by atoms with Crippen LogP contribution in [0.5, 0.6) is 10.9 Å². The summed E-state index contributed by atoms with van der Waals surface area (Å²) in [7, 11) is 0. The van der Waals surface area contributed by atoms with E-state index in [9.17, 15) is 0 Å². The lowest BCUT2D eigenvalue weighted by molar-refractivity contribution is 0.285. The van der Waals surface area contributed by atoms with Gasteiger partial charge in [0.1, 0.15) is 10.9 Å². The van der Waals surface area contributed by atoms with E-state index in [-0.39, 0.29) is 6.61 Å². The summed E-state index contributed by atoms with van der Waals surface area (Å²) in [6, 6.07) is 7.87. The number of aliphatic hydroxyl groups is 1. The molecule has 0 spiro atoms. The largest absolute Gasteiger partial charge is 0.431 e. The van der Waals surface area contributed by atoms with Crippen LogP contribution in [0.25, 0.3) is 0 Å². The maximum absolute atomic E-state index is 9.03. The molecular formula is C13H14ClNO2S. The van der Waals surface area contributed by atoms with Crippen LogP contribution in [-0.4, -0.2) is 10.1 Å². The Morgan fingerprint density at radius 1 is 1.33 bits per heavy atom. The summed E-state index contributed by atoms with van der Waals surface area (Å²) >= 11 is 7.09.